The molecule has 0 amide bonds. The zero-order valence-electron chi connectivity index (χ0n) is 28.6. The van der Waals surface area contributed by atoms with Crippen molar-refractivity contribution in [2.45, 2.75) is 19.3 Å². The summed E-state index contributed by atoms with van der Waals surface area (Å²) < 4.78 is 2.67. The number of hydrogen-bond donors (Lipinski definition) is 0. The van der Waals surface area contributed by atoms with Gasteiger partial charge in [-0.3, -0.25) is 0 Å². The minimum absolute atomic E-state index is 0.0899. The van der Waals surface area contributed by atoms with Crippen molar-refractivity contribution in [3.05, 3.63) is 187 Å². The van der Waals surface area contributed by atoms with Gasteiger partial charge in [0.2, 0.25) is 0 Å². The molecule has 0 saturated heterocycles. The smallest absolute Gasteiger partial charge is 0.0467 e. The normalized spacial score (nSPS) is 13.1. The summed E-state index contributed by atoms with van der Waals surface area (Å²) in [6, 6.07) is 64.9. The van der Waals surface area contributed by atoms with Gasteiger partial charge in [0.05, 0.1) is 0 Å². The van der Waals surface area contributed by atoms with Crippen LogP contribution in [0.4, 0.5) is 17.1 Å². The van der Waals surface area contributed by atoms with E-state index in [0.29, 0.717) is 0 Å². The second kappa shape index (κ2) is 11.6. The molecule has 2 heteroatoms. The number of fused-ring (bicyclic) bond motifs is 7. The van der Waals surface area contributed by atoms with Gasteiger partial charge < -0.3 is 4.90 Å². The third-order valence-electron chi connectivity index (χ3n) is 10.9. The Bertz CT molecular complexity index is 2780. The first kappa shape index (κ1) is 29.9. The molecule has 0 N–H and O–H groups in total. The van der Waals surface area contributed by atoms with Crippen LogP contribution in [0.25, 0.3) is 64.3 Å². The fourth-order valence-corrected chi connectivity index (χ4v) is 9.47. The molecule has 51 heavy (non-hydrogen) atoms. The molecule has 1 heterocycles. The summed E-state index contributed by atoms with van der Waals surface area (Å²) in [5.74, 6) is 0. The molecule has 0 atom stereocenters. The molecule has 1 nitrogen and oxygen atoms in total. The lowest BCUT2D eigenvalue weighted by atomic mass is 9.82. The number of thiophene rings is 1. The number of nitrogens with zero attached hydrogens (tertiary/aromatic N) is 1. The third kappa shape index (κ3) is 4.82. The lowest BCUT2D eigenvalue weighted by molar-refractivity contribution is 0.660. The van der Waals surface area contributed by atoms with E-state index < -0.39 is 0 Å². The Labute approximate surface area is 302 Å². The Morgan fingerprint density at radius 1 is 0.412 bits per heavy atom. The highest BCUT2D eigenvalue weighted by Gasteiger charge is 2.35. The van der Waals surface area contributed by atoms with Gasteiger partial charge in [0.15, 0.2) is 0 Å². The van der Waals surface area contributed by atoms with Crippen molar-refractivity contribution >= 4 is 59.3 Å². The highest BCUT2D eigenvalue weighted by Crippen LogP contribution is 2.51. The largest absolute Gasteiger partial charge is 0.310 e. The first-order chi connectivity index (χ1) is 25.0. The molecule has 0 bridgehead atoms. The van der Waals surface area contributed by atoms with Gasteiger partial charge in [-0.1, -0.05) is 141 Å². The Morgan fingerprint density at radius 2 is 1.06 bits per heavy atom. The summed E-state index contributed by atoms with van der Waals surface area (Å²) in [6.07, 6.45) is 0. The molecule has 0 unspecified atom stereocenters. The van der Waals surface area contributed by atoms with Crippen molar-refractivity contribution < 1.29 is 0 Å². The zero-order valence-corrected chi connectivity index (χ0v) is 29.4. The maximum atomic E-state index is 2.42. The lowest BCUT2D eigenvalue weighted by Gasteiger charge is -2.28. The SMILES string of the molecule is CC1(C)c2ccccc2-c2ccc(N(c3ccc(-c4cccc5c4sc4ccccc45)cc3)c3cccc(-c4ccc5ccccc5c4)c3)cc21. The van der Waals surface area contributed by atoms with Crippen molar-refractivity contribution in [3.8, 4) is 33.4 Å². The van der Waals surface area contributed by atoms with Crippen LogP contribution in [-0.4, -0.2) is 0 Å². The number of benzene rings is 8. The maximum absolute atomic E-state index is 2.42. The molecule has 8 aromatic carbocycles. The molecule has 1 aliphatic carbocycles. The molecular weight excluding hydrogens is 635 g/mol. The van der Waals surface area contributed by atoms with Gasteiger partial charge in [0.1, 0.15) is 0 Å². The molecule has 1 aliphatic rings. The fourth-order valence-electron chi connectivity index (χ4n) is 8.24. The van der Waals surface area contributed by atoms with E-state index in [1.54, 1.807) is 0 Å². The van der Waals surface area contributed by atoms with Crippen molar-refractivity contribution in [1.82, 2.24) is 0 Å². The summed E-state index contributed by atoms with van der Waals surface area (Å²) in [4.78, 5) is 2.42. The van der Waals surface area contributed by atoms with E-state index in [-0.39, 0.29) is 5.41 Å². The molecule has 0 radical (unpaired) electrons. The van der Waals surface area contributed by atoms with Gasteiger partial charge in [0, 0.05) is 42.6 Å². The zero-order chi connectivity index (χ0) is 34.1. The predicted octanol–water partition coefficient (Wildman–Crippen LogP) is 14.3. The summed E-state index contributed by atoms with van der Waals surface area (Å²) in [6.45, 7) is 4.71. The molecule has 0 saturated carbocycles. The van der Waals surface area contributed by atoms with Crippen LogP contribution >= 0.6 is 11.3 Å². The molecule has 10 rings (SSSR count). The molecule has 0 aliphatic heterocycles. The third-order valence-corrected chi connectivity index (χ3v) is 12.1. The van der Waals surface area contributed by atoms with Crippen LogP contribution in [0.3, 0.4) is 0 Å². The Hall–Kier alpha value is -5.96. The first-order valence-corrected chi connectivity index (χ1v) is 18.5. The van der Waals surface area contributed by atoms with Crippen molar-refractivity contribution in [3.63, 3.8) is 0 Å². The monoisotopic (exact) mass is 669 g/mol. The van der Waals surface area contributed by atoms with Gasteiger partial charge in [-0.2, -0.15) is 0 Å². The van der Waals surface area contributed by atoms with Crippen LogP contribution in [0.5, 0.6) is 0 Å². The minimum atomic E-state index is -0.0899. The summed E-state index contributed by atoms with van der Waals surface area (Å²) >= 11 is 1.88. The van der Waals surface area contributed by atoms with Crippen LogP contribution in [0.2, 0.25) is 0 Å². The number of rotatable bonds is 5. The molecule has 242 valence electrons. The van der Waals surface area contributed by atoms with E-state index in [2.05, 4.69) is 195 Å². The van der Waals surface area contributed by atoms with Crippen molar-refractivity contribution in [1.29, 1.82) is 0 Å². The van der Waals surface area contributed by atoms with Gasteiger partial charge in [0.25, 0.3) is 0 Å². The summed E-state index contributed by atoms with van der Waals surface area (Å²) in [5.41, 5.74) is 13.7. The quantitative estimate of drug-likeness (QED) is 0.176. The highest BCUT2D eigenvalue weighted by atomic mass is 32.1. The van der Waals surface area contributed by atoms with Crippen LogP contribution in [0.15, 0.2) is 176 Å². The molecule has 9 aromatic rings. The minimum Gasteiger partial charge on any atom is -0.310 e. The second-order valence-electron chi connectivity index (χ2n) is 14.2. The maximum Gasteiger partial charge on any atom is 0.0467 e. The standard InChI is InChI=1S/C49H35NS/c1-49(2)45-19-7-5-15-41(45)42-28-27-39(31-46(42)49)50(38-14-9-13-35(30-38)36-22-21-32-11-3-4-12-34(32)29-36)37-25-23-33(24-26-37)40-17-10-18-44-43-16-6-8-20-47(43)51-48(40)44/h3-31H,1-2H3. The lowest BCUT2D eigenvalue weighted by Crippen LogP contribution is -2.16. The summed E-state index contributed by atoms with van der Waals surface area (Å²) in [5, 5.41) is 5.16. The number of hydrogen-bond acceptors (Lipinski definition) is 2. The highest BCUT2D eigenvalue weighted by molar-refractivity contribution is 7.26. The first-order valence-electron chi connectivity index (χ1n) is 17.7. The van der Waals surface area contributed by atoms with E-state index in [1.165, 1.54) is 75.5 Å². The Morgan fingerprint density at radius 3 is 1.96 bits per heavy atom. The predicted molar refractivity (Wildman–Crippen MR) is 220 cm³/mol. The van der Waals surface area contributed by atoms with Crippen LogP contribution in [0.1, 0.15) is 25.0 Å². The van der Waals surface area contributed by atoms with E-state index in [0.717, 1.165) is 17.1 Å². The Kier molecular flexibility index (Phi) is 6.78. The molecule has 1 aromatic heterocycles. The van der Waals surface area contributed by atoms with Gasteiger partial charge in [-0.25, -0.2) is 0 Å². The van der Waals surface area contributed by atoms with Gasteiger partial charge in [-0.05, 0) is 104 Å². The van der Waals surface area contributed by atoms with Gasteiger partial charge >= 0.3 is 0 Å². The number of anilines is 3. The molecule has 0 fully saturated rings. The van der Waals surface area contributed by atoms with Crippen molar-refractivity contribution in [2.24, 2.45) is 0 Å². The van der Waals surface area contributed by atoms with Crippen LogP contribution in [-0.2, 0) is 5.41 Å². The Balaban J connectivity index is 1.11. The topological polar surface area (TPSA) is 3.24 Å². The summed E-state index contributed by atoms with van der Waals surface area (Å²) in [7, 11) is 0. The molecular formula is C49H35NS. The molecule has 0 spiro atoms. The van der Waals surface area contributed by atoms with Crippen molar-refractivity contribution in [2.75, 3.05) is 4.90 Å². The van der Waals surface area contributed by atoms with E-state index in [9.17, 15) is 0 Å². The van der Waals surface area contributed by atoms with E-state index in [1.807, 2.05) is 11.3 Å². The average molecular weight is 670 g/mol. The fraction of sp³-hybridized carbons (Fsp3) is 0.0612. The van der Waals surface area contributed by atoms with Crippen LogP contribution in [0, 0.1) is 0 Å². The van der Waals surface area contributed by atoms with Crippen LogP contribution < -0.4 is 4.90 Å². The average Bonchev–Trinajstić information content (AvgIpc) is 3.67. The van der Waals surface area contributed by atoms with E-state index in [4.69, 9.17) is 0 Å². The van der Waals surface area contributed by atoms with Gasteiger partial charge in [-0.15, -0.1) is 11.3 Å². The second-order valence-corrected chi connectivity index (χ2v) is 15.2. The van der Waals surface area contributed by atoms with E-state index >= 15 is 0 Å².